The van der Waals surface area contributed by atoms with E-state index in [2.05, 4.69) is 15.4 Å². The van der Waals surface area contributed by atoms with Gasteiger partial charge in [0.1, 0.15) is 5.82 Å². The van der Waals surface area contributed by atoms with Crippen LogP contribution in [0.1, 0.15) is 0 Å². The number of ether oxygens (including phenoxy) is 1. The fourth-order valence-corrected chi connectivity index (χ4v) is 1.75. The molecule has 3 N–H and O–H groups in total. The minimum absolute atomic E-state index is 0.410. The molecule has 2 aromatic rings. The second-order valence-corrected chi connectivity index (χ2v) is 3.95. The lowest BCUT2D eigenvalue weighted by molar-refractivity contribution is 0.206. The van der Waals surface area contributed by atoms with Gasteiger partial charge in [0.25, 0.3) is 0 Å². The number of benzene rings is 1. The second kappa shape index (κ2) is 5.61. The lowest BCUT2D eigenvalue weighted by Crippen LogP contribution is -2.24. The summed E-state index contributed by atoms with van der Waals surface area (Å²) in [4.78, 5) is 10.7. The van der Waals surface area contributed by atoms with Gasteiger partial charge in [0.2, 0.25) is 5.95 Å². The van der Waals surface area contributed by atoms with Crippen molar-refractivity contribution in [3.8, 4) is 0 Å². The molecule has 0 saturated heterocycles. The van der Waals surface area contributed by atoms with Crippen LogP contribution < -0.4 is 16.2 Å². The Morgan fingerprint density at radius 1 is 1.33 bits per heavy atom. The molecular weight excluding hydrogens is 230 g/mol. The molecule has 0 aliphatic carbocycles. The van der Waals surface area contributed by atoms with Crippen LogP contribution in [0.5, 0.6) is 0 Å². The van der Waals surface area contributed by atoms with Crippen molar-refractivity contribution in [3.63, 3.8) is 0 Å². The van der Waals surface area contributed by atoms with E-state index in [0.29, 0.717) is 12.6 Å². The van der Waals surface area contributed by atoms with Gasteiger partial charge >= 0.3 is 0 Å². The maximum atomic E-state index is 5.39. The van der Waals surface area contributed by atoms with Gasteiger partial charge in [-0.1, -0.05) is 12.1 Å². The quantitative estimate of drug-likeness (QED) is 0.606. The van der Waals surface area contributed by atoms with Gasteiger partial charge in [0.15, 0.2) is 0 Å². The zero-order valence-corrected chi connectivity index (χ0v) is 10.6. The maximum Gasteiger partial charge on any atom is 0.239 e. The Kier molecular flexibility index (Phi) is 3.91. The number of hydrogen-bond donors (Lipinski definition) is 2. The van der Waals surface area contributed by atoms with Crippen molar-refractivity contribution < 1.29 is 4.74 Å². The topological polar surface area (TPSA) is 76.3 Å². The molecule has 6 nitrogen and oxygen atoms in total. The molecule has 0 saturated carbocycles. The number of likely N-dealkylation sites (N-methyl/N-ethyl adjacent to an activating group) is 1. The van der Waals surface area contributed by atoms with Gasteiger partial charge in [0.05, 0.1) is 12.1 Å². The van der Waals surface area contributed by atoms with Crippen LogP contribution in [0.4, 0.5) is 11.8 Å². The van der Waals surface area contributed by atoms with Gasteiger partial charge in [-0.25, -0.2) is 10.8 Å². The van der Waals surface area contributed by atoms with Gasteiger partial charge in [-0.05, 0) is 12.1 Å². The molecular formula is C12H17N5O. The van der Waals surface area contributed by atoms with E-state index in [9.17, 15) is 0 Å². The third-order valence-corrected chi connectivity index (χ3v) is 2.70. The number of aromatic nitrogens is 2. The van der Waals surface area contributed by atoms with Crippen molar-refractivity contribution in [2.75, 3.05) is 37.6 Å². The molecule has 96 valence electrons. The Labute approximate surface area is 106 Å². The predicted molar refractivity (Wildman–Crippen MR) is 72.5 cm³/mol. The minimum atomic E-state index is 0.410. The summed E-state index contributed by atoms with van der Waals surface area (Å²) in [5.74, 6) is 6.64. The lowest BCUT2D eigenvalue weighted by Gasteiger charge is -2.19. The highest BCUT2D eigenvalue weighted by Gasteiger charge is 2.10. The van der Waals surface area contributed by atoms with Crippen molar-refractivity contribution in [2.45, 2.75) is 0 Å². The van der Waals surface area contributed by atoms with E-state index in [-0.39, 0.29) is 0 Å². The van der Waals surface area contributed by atoms with Crippen LogP contribution in [-0.2, 0) is 4.74 Å². The standard InChI is InChI=1S/C12H17N5O/c1-17(7-8-18-2)11-9-5-3-4-6-10(9)14-12(15-11)16-13/h3-6H,7-8,13H2,1-2H3,(H,14,15,16). The van der Waals surface area contributed by atoms with Crippen LogP contribution in [0.25, 0.3) is 10.9 Å². The van der Waals surface area contributed by atoms with Crippen molar-refractivity contribution >= 4 is 22.7 Å². The summed E-state index contributed by atoms with van der Waals surface area (Å²) in [6.45, 7) is 1.39. The molecule has 0 bridgehead atoms. The average Bonchev–Trinajstić information content (AvgIpc) is 2.43. The first-order valence-corrected chi connectivity index (χ1v) is 5.69. The second-order valence-electron chi connectivity index (χ2n) is 3.95. The number of hydrazine groups is 1. The number of nitrogens with one attached hydrogen (secondary N) is 1. The Hall–Kier alpha value is -1.92. The van der Waals surface area contributed by atoms with Crippen LogP contribution in [0.2, 0.25) is 0 Å². The van der Waals surface area contributed by atoms with Crippen LogP contribution in [0.15, 0.2) is 24.3 Å². The minimum Gasteiger partial charge on any atom is -0.383 e. The molecule has 0 aliphatic rings. The van der Waals surface area contributed by atoms with Gasteiger partial charge in [-0.3, -0.25) is 5.43 Å². The highest BCUT2D eigenvalue weighted by molar-refractivity contribution is 5.90. The Bertz CT molecular complexity index is 531. The molecule has 0 aliphatic heterocycles. The molecule has 1 heterocycles. The van der Waals surface area contributed by atoms with Crippen LogP contribution in [0, 0.1) is 0 Å². The average molecular weight is 247 g/mol. The zero-order chi connectivity index (χ0) is 13.0. The predicted octanol–water partition coefficient (Wildman–Crippen LogP) is 0.998. The fraction of sp³-hybridized carbons (Fsp3) is 0.333. The van der Waals surface area contributed by atoms with E-state index < -0.39 is 0 Å². The monoisotopic (exact) mass is 247 g/mol. The molecule has 18 heavy (non-hydrogen) atoms. The van der Waals surface area contributed by atoms with Gasteiger partial charge in [-0.2, -0.15) is 4.98 Å². The van der Waals surface area contributed by atoms with Crippen LogP contribution >= 0.6 is 0 Å². The number of rotatable bonds is 5. The normalized spacial score (nSPS) is 10.6. The Morgan fingerprint density at radius 3 is 2.83 bits per heavy atom. The number of para-hydroxylation sites is 1. The van der Waals surface area contributed by atoms with E-state index in [0.717, 1.165) is 23.3 Å². The molecule has 6 heteroatoms. The fourth-order valence-electron chi connectivity index (χ4n) is 1.75. The summed E-state index contributed by atoms with van der Waals surface area (Å²) in [5.41, 5.74) is 3.35. The van der Waals surface area contributed by atoms with Crippen molar-refractivity contribution in [2.24, 2.45) is 5.84 Å². The van der Waals surface area contributed by atoms with E-state index in [1.165, 1.54) is 0 Å². The van der Waals surface area contributed by atoms with Crippen molar-refractivity contribution in [1.82, 2.24) is 9.97 Å². The van der Waals surface area contributed by atoms with Crippen LogP contribution in [0.3, 0.4) is 0 Å². The number of nitrogen functional groups attached to an aromatic ring is 1. The van der Waals surface area contributed by atoms with E-state index >= 15 is 0 Å². The summed E-state index contributed by atoms with van der Waals surface area (Å²) >= 11 is 0. The summed E-state index contributed by atoms with van der Waals surface area (Å²) in [6.07, 6.45) is 0. The molecule has 1 aromatic heterocycles. The highest BCUT2D eigenvalue weighted by Crippen LogP contribution is 2.23. The van der Waals surface area contributed by atoms with Crippen molar-refractivity contribution in [3.05, 3.63) is 24.3 Å². The largest absolute Gasteiger partial charge is 0.383 e. The third-order valence-electron chi connectivity index (χ3n) is 2.70. The number of hydrogen-bond acceptors (Lipinski definition) is 6. The molecule has 0 amide bonds. The SMILES string of the molecule is COCCN(C)c1nc(NN)nc2ccccc12. The first-order chi connectivity index (χ1) is 8.76. The van der Waals surface area contributed by atoms with E-state index in [1.54, 1.807) is 7.11 Å². The Morgan fingerprint density at radius 2 is 2.11 bits per heavy atom. The first-order valence-electron chi connectivity index (χ1n) is 5.69. The molecule has 0 atom stereocenters. The molecule has 1 aromatic carbocycles. The smallest absolute Gasteiger partial charge is 0.239 e. The number of fused-ring (bicyclic) bond motifs is 1. The molecule has 0 radical (unpaired) electrons. The molecule has 0 unspecified atom stereocenters. The summed E-state index contributed by atoms with van der Waals surface area (Å²) < 4.78 is 5.08. The zero-order valence-electron chi connectivity index (χ0n) is 10.6. The first kappa shape index (κ1) is 12.5. The van der Waals surface area contributed by atoms with Gasteiger partial charge in [-0.15, -0.1) is 0 Å². The van der Waals surface area contributed by atoms with Crippen molar-refractivity contribution in [1.29, 1.82) is 0 Å². The highest BCUT2D eigenvalue weighted by atomic mass is 16.5. The summed E-state index contributed by atoms with van der Waals surface area (Å²) in [7, 11) is 3.65. The Balaban J connectivity index is 2.46. The van der Waals surface area contributed by atoms with E-state index in [4.69, 9.17) is 10.6 Å². The molecule has 2 rings (SSSR count). The maximum absolute atomic E-state index is 5.39. The lowest BCUT2D eigenvalue weighted by atomic mass is 10.2. The number of nitrogens with two attached hydrogens (primary N) is 1. The van der Waals surface area contributed by atoms with Gasteiger partial charge in [0, 0.05) is 26.1 Å². The number of anilines is 2. The third kappa shape index (κ3) is 2.49. The van der Waals surface area contributed by atoms with Gasteiger partial charge < -0.3 is 9.64 Å². The number of nitrogens with zero attached hydrogens (tertiary/aromatic N) is 3. The summed E-state index contributed by atoms with van der Waals surface area (Å²) in [5, 5.41) is 0.995. The molecule has 0 spiro atoms. The summed E-state index contributed by atoms with van der Waals surface area (Å²) in [6, 6.07) is 7.84. The number of methoxy groups -OCH3 is 1. The van der Waals surface area contributed by atoms with E-state index in [1.807, 2.05) is 36.2 Å². The molecule has 0 fully saturated rings. The van der Waals surface area contributed by atoms with Crippen LogP contribution in [-0.4, -0.2) is 37.3 Å².